The molecule has 0 rings (SSSR count). The van der Waals surface area contributed by atoms with Crippen molar-refractivity contribution in [3.63, 3.8) is 0 Å². The predicted octanol–water partition coefficient (Wildman–Crippen LogP) is -0.681. The Balaban J connectivity index is 3.03. The number of rotatable bonds is 4. The summed E-state index contributed by atoms with van der Waals surface area (Å²) in [7, 11) is 0. The van der Waals surface area contributed by atoms with Gasteiger partial charge < -0.3 is 15.0 Å². The normalized spacial score (nSPS) is 13.2. The number of carbonyl (C=O) groups is 1. The van der Waals surface area contributed by atoms with E-state index >= 15 is 0 Å². The Bertz CT molecular complexity index is 62.7. The average Bonchev–Trinajstić information content (AvgIpc) is 1.68. The van der Waals surface area contributed by atoms with Crippen LogP contribution in [0.3, 0.4) is 0 Å². The molecule has 0 amide bonds. The summed E-state index contributed by atoms with van der Waals surface area (Å²) in [5.74, 6) is 0. The molecule has 0 spiro atoms. The lowest BCUT2D eigenvalue weighted by atomic mass is 10.2. The molecule has 0 aliphatic rings. The molecule has 3 heteroatoms. The van der Waals surface area contributed by atoms with E-state index in [1.165, 1.54) is 0 Å². The molecular weight excluding hydrogens is 108 g/mol. The van der Waals surface area contributed by atoms with E-state index in [2.05, 4.69) is 0 Å². The van der Waals surface area contributed by atoms with Gasteiger partial charge >= 0.3 is 0 Å². The van der Waals surface area contributed by atoms with Gasteiger partial charge in [-0.3, -0.25) is 0 Å². The molecule has 2 N–H and O–H groups in total. The van der Waals surface area contributed by atoms with Crippen LogP contribution in [0.5, 0.6) is 0 Å². The van der Waals surface area contributed by atoms with Crippen molar-refractivity contribution in [2.45, 2.75) is 18.9 Å². The first-order chi connectivity index (χ1) is 3.81. The molecule has 0 fully saturated rings. The van der Waals surface area contributed by atoms with Crippen LogP contribution >= 0.6 is 0 Å². The third-order valence-corrected chi connectivity index (χ3v) is 0.831. The Morgan fingerprint density at radius 3 is 2.62 bits per heavy atom. The maximum absolute atomic E-state index is 9.65. The lowest BCUT2D eigenvalue weighted by Crippen LogP contribution is -2.08. The summed E-state index contributed by atoms with van der Waals surface area (Å²) < 4.78 is 0. The van der Waals surface area contributed by atoms with E-state index in [0.717, 1.165) is 0 Å². The summed E-state index contributed by atoms with van der Waals surface area (Å²) in [5.41, 5.74) is 0. The van der Waals surface area contributed by atoms with E-state index in [1.54, 1.807) is 0 Å². The zero-order valence-corrected chi connectivity index (χ0v) is 4.58. The van der Waals surface area contributed by atoms with Crippen LogP contribution in [0.4, 0.5) is 0 Å². The van der Waals surface area contributed by atoms with Crippen LogP contribution in [0.2, 0.25) is 0 Å². The van der Waals surface area contributed by atoms with Crippen LogP contribution in [0.25, 0.3) is 0 Å². The van der Waals surface area contributed by atoms with Crippen LogP contribution in [0.15, 0.2) is 0 Å². The zero-order chi connectivity index (χ0) is 6.41. The molecule has 0 aromatic rings. The summed E-state index contributed by atoms with van der Waals surface area (Å²) in [6.45, 7) is -0.0605. The van der Waals surface area contributed by atoms with E-state index in [9.17, 15) is 4.79 Å². The van der Waals surface area contributed by atoms with Gasteiger partial charge in [0.1, 0.15) is 6.29 Å². The van der Waals surface area contributed by atoms with Gasteiger partial charge in [-0.15, -0.1) is 0 Å². The topological polar surface area (TPSA) is 57.5 Å². The maximum Gasteiger partial charge on any atom is 0.122 e. The molecule has 0 radical (unpaired) electrons. The van der Waals surface area contributed by atoms with Crippen LogP contribution in [-0.4, -0.2) is 29.2 Å². The first-order valence-electron chi connectivity index (χ1n) is 2.53. The highest BCUT2D eigenvalue weighted by atomic mass is 16.3. The first kappa shape index (κ1) is 7.59. The Kier molecular flexibility index (Phi) is 4.50. The smallest absolute Gasteiger partial charge is 0.122 e. The number of aliphatic hydroxyl groups excluding tert-OH is 2. The van der Waals surface area contributed by atoms with Crippen molar-refractivity contribution < 1.29 is 15.0 Å². The highest BCUT2D eigenvalue weighted by molar-refractivity contribution is 5.49. The number of hydrogen-bond acceptors (Lipinski definition) is 3. The quantitative estimate of drug-likeness (QED) is 0.481. The number of aliphatic hydroxyl groups is 2. The predicted molar refractivity (Wildman–Crippen MR) is 28.4 cm³/mol. The second-order valence-corrected chi connectivity index (χ2v) is 1.57. The van der Waals surface area contributed by atoms with Crippen LogP contribution in [-0.2, 0) is 4.79 Å². The van der Waals surface area contributed by atoms with E-state index in [4.69, 9.17) is 10.2 Å². The molecule has 0 aliphatic heterocycles. The molecule has 0 aromatic carbocycles. The standard InChI is InChI=1S/C5H10O3/c6-3-1-5(8)2-4-7/h3,5,7-8H,1-2,4H2. The summed E-state index contributed by atoms with van der Waals surface area (Å²) in [4.78, 5) is 9.65. The molecule has 0 aliphatic carbocycles. The van der Waals surface area contributed by atoms with Crippen molar-refractivity contribution in [2.75, 3.05) is 6.61 Å². The molecule has 0 saturated heterocycles. The van der Waals surface area contributed by atoms with Crippen molar-refractivity contribution in [1.29, 1.82) is 0 Å². The average molecular weight is 118 g/mol. The van der Waals surface area contributed by atoms with Crippen molar-refractivity contribution in [3.05, 3.63) is 0 Å². The van der Waals surface area contributed by atoms with Gasteiger partial charge in [-0.1, -0.05) is 0 Å². The fourth-order valence-electron chi connectivity index (χ4n) is 0.378. The minimum absolute atomic E-state index is 0.0605. The van der Waals surface area contributed by atoms with E-state index in [0.29, 0.717) is 12.7 Å². The molecule has 1 atom stereocenters. The van der Waals surface area contributed by atoms with Gasteiger partial charge in [-0.05, 0) is 6.42 Å². The second-order valence-electron chi connectivity index (χ2n) is 1.57. The van der Waals surface area contributed by atoms with Gasteiger partial charge in [-0.25, -0.2) is 0 Å². The third kappa shape index (κ3) is 3.77. The highest BCUT2D eigenvalue weighted by Gasteiger charge is 1.99. The van der Waals surface area contributed by atoms with Crippen LogP contribution < -0.4 is 0 Å². The van der Waals surface area contributed by atoms with Crippen LogP contribution in [0.1, 0.15) is 12.8 Å². The van der Waals surface area contributed by atoms with Gasteiger partial charge in [0.05, 0.1) is 6.10 Å². The molecule has 0 bridgehead atoms. The van der Waals surface area contributed by atoms with Crippen molar-refractivity contribution in [1.82, 2.24) is 0 Å². The Morgan fingerprint density at radius 2 is 2.25 bits per heavy atom. The Hall–Kier alpha value is -0.410. The number of hydrogen-bond donors (Lipinski definition) is 2. The van der Waals surface area contributed by atoms with Gasteiger partial charge in [0.15, 0.2) is 0 Å². The Morgan fingerprint density at radius 1 is 1.62 bits per heavy atom. The summed E-state index contributed by atoms with van der Waals surface area (Å²) >= 11 is 0. The largest absolute Gasteiger partial charge is 0.396 e. The highest BCUT2D eigenvalue weighted by Crippen LogP contribution is 1.91. The van der Waals surface area contributed by atoms with E-state index in [-0.39, 0.29) is 13.0 Å². The van der Waals surface area contributed by atoms with Crippen molar-refractivity contribution in [2.24, 2.45) is 0 Å². The fourth-order valence-corrected chi connectivity index (χ4v) is 0.378. The van der Waals surface area contributed by atoms with Gasteiger partial charge in [0.25, 0.3) is 0 Å². The Labute approximate surface area is 47.9 Å². The maximum atomic E-state index is 9.65. The lowest BCUT2D eigenvalue weighted by Gasteiger charge is -2.00. The lowest BCUT2D eigenvalue weighted by molar-refractivity contribution is -0.109. The first-order valence-corrected chi connectivity index (χ1v) is 2.53. The van der Waals surface area contributed by atoms with E-state index < -0.39 is 6.10 Å². The number of aldehydes is 1. The van der Waals surface area contributed by atoms with Crippen LogP contribution in [0, 0.1) is 0 Å². The fraction of sp³-hybridized carbons (Fsp3) is 0.800. The molecule has 48 valence electrons. The minimum atomic E-state index is -0.655. The van der Waals surface area contributed by atoms with Gasteiger partial charge in [-0.2, -0.15) is 0 Å². The summed E-state index contributed by atoms with van der Waals surface area (Å²) in [6, 6.07) is 0. The second kappa shape index (κ2) is 4.74. The van der Waals surface area contributed by atoms with Gasteiger partial charge in [0.2, 0.25) is 0 Å². The monoisotopic (exact) mass is 118 g/mol. The molecular formula is C5H10O3. The minimum Gasteiger partial charge on any atom is -0.396 e. The molecule has 0 saturated carbocycles. The summed E-state index contributed by atoms with van der Waals surface area (Å²) in [5, 5.41) is 16.8. The molecule has 1 unspecified atom stereocenters. The molecule has 0 heterocycles. The molecule has 3 nitrogen and oxygen atoms in total. The van der Waals surface area contributed by atoms with Gasteiger partial charge in [0, 0.05) is 13.0 Å². The summed E-state index contributed by atoms with van der Waals surface area (Å²) in [6.07, 6.45) is 0.400. The van der Waals surface area contributed by atoms with E-state index in [1.807, 2.05) is 0 Å². The number of carbonyl (C=O) groups excluding carboxylic acids is 1. The molecule has 0 aromatic heterocycles. The third-order valence-electron chi connectivity index (χ3n) is 0.831. The molecule has 8 heavy (non-hydrogen) atoms. The SMILES string of the molecule is O=CCC(O)CCO. The zero-order valence-electron chi connectivity index (χ0n) is 4.58. The van der Waals surface area contributed by atoms with Crippen molar-refractivity contribution in [3.8, 4) is 0 Å². The van der Waals surface area contributed by atoms with Crippen molar-refractivity contribution >= 4 is 6.29 Å².